The standard InChI is InChI=1S/C15H23N3O/c1-3-5-7-9-18-13-10-12(8-6-4-2)11-16-14(13)17-15(18)19/h10-11H,3-9H2,1-2H3,(H,16,17,19). The molecule has 0 amide bonds. The lowest BCUT2D eigenvalue weighted by molar-refractivity contribution is 0.600. The second-order valence-electron chi connectivity index (χ2n) is 5.10. The highest BCUT2D eigenvalue weighted by atomic mass is 16.1. The van der Waals surface area contributed by atoms with Crippen LogP contribution in [0.15, 0.2) is 17.1 Å². The molecule has 0 aliphatic heterocycles. The molecule has 2 aromatic rings. The minimum Gasteiger partial charge on any atom is -0.290 e. The van der Waals surface area contributed by atoms with Crippen LogP contribution in [0.4, 0.5) is 0 Å². The molecule has 0 aliphatic carbocycles. The fourth-order valence-corrected chi connectivity index (χ4v) is 2.33. The van der Waals surface area contributed by atoms with E-state index < -0.39 is 0 Å². The highest BCUT2D eigenvalue weighted by molar-refractivity contribution is 5.71. The summed E-state index contributed by atoms with van der Waals surface area (Å²) in [6.07, 6.45) is 8.62. The predicted molar refractivity (Wildman–Crippen MR) is 78.5 cm³/mol. The van der Waals surface area contributed by atoms with Gasteiger partial charge < -0.3 is 0 Å². The van der Waals surface area contributed by atoms with Crippen molar-refractivity contribution in [3.63, 3.8) is 0 Å². The number of hydrogen-bond donors (Lipinski definition) is 1. The predicted octanol–water partition coefficient (Wildman–Crippen LogP) is 3.26. The van der Waals surface area contributed by atoms with Gasteiger partial charge in [-0.3, -0.25) is 9.55 Å². The van der Waals surface area contributed by atoms with Crippen LogP contribution in [0.3, 0.4) is 0 Å². The Balaban J connectivity index is 2.27. The summed E-state index contributed by atoms with van der Waals surface area (Å²) < 4.78 is 1.83. The van der Waals surface area contributed by atoms with Gasteiger partial charge in [0, 0.05) is 12.7 Å². The first kappa shape index (κ1) is 13.8. The van der Waals surface area contributed by atoms with E-state index in [4.69, 9.17) is 0 Å². The molecule has 0 aliphatic rings. The third-order valence-electron chi connectivity index (χ3n) is 3.49. The highest BCUT2D eigenvalue weighted by Crippen LogP contribution is 2.13. The highest BCUT2D eigenvalue weighted by Gasteiger charge is 2.08. The second kappa shape index (κ2) is 6.55. The van der Waals surface area contributed by atoms with E-state index in [-0.39, 0.29) is 5.69 Å². The van der Waals surface area contributed by atoms with Crippen LogP contribution in [-0.4, -0.2) is 14.5 Å². The van der Waals surface area contributed by atoms with Gasteiger partial charge in [-0.25, -0.2) is 9.78 Å². The van der Waals surface area contributed by atoms with E-state index in [2.05, 4.69) is 29.9 Å². The summed E-state index contributed by atoms with van der Waals surface area (Å²) in [5, 5.41) is 0. The molecule has 0 unspecified atom stereocenters. The van der Waals surface area contributed by atoms with Crippen LogP contribution in [0.5, 0.6) is 0 Å². The molecule has 2 heterocycles. The number of H-pyrrole nitrogens is 1. The first-order chi connectivity index (χ1) is 9.26. The zero-order chi connectivity index (χ0) is 13.7. The SMILES string of the molecule is CCCCCn1c(=O)[nH]c2ncc(CCCC)cc21. The lowest BCUT2D eigenvalue weighted by Gasteiger charge is -2.04. The maximum absolute atomic E-state index is 11.9. The fourth-order valence-electron chi connectivity index (χ4n) is 2.33. The van der Waals surface area contributed by atoms with Crippen molar-refractivity contribution in [2.45, 2.75) is 58.9 Å². The minimum absolute atomic E-state index is 0.0359. The van der Waals surface area contributed by atoms with E-state index in [1.165, 1.54) is 12.0 Å². The lowest BCUT2D eigenvalue weighted by Crippen LogP contribution is -2.16. The molecule has 104 valence electrons. The van der Waals surface area contributed by atoms with Crippen LogP contribution in [0, 0.1) is 0 Å². The summed E-state index contributed by atoms with van der Waals surface area (Å²) in [6, 6.07) is 2.11. The summed E-state index contributed by atoms with van der Waals surface area (Å²) in [6.45, 7) is 5.14. The van der Waals surface area contributed by atoms with Crippen molar-refractivity contribution in [1.82, 2.24) is 14.5 Å². The van der Waals surface area contributed by atoms with Gasteiger partial charge in [-0.05, 0) is 30.9 Å². The molecule has 4 nitrogen and oxygen atoms in total. The number of aromatic amines is 1. The number of imidazole rings is 1. The molecule has 0 saturated heterocycles. The fraction of sp³-hybridized carbons (Fsp3) is 0.600. The molecule has 4 heteroatoms. The Labute approximate surface area is 113 Å². The van der Waals surface area contributed by atoms with Crippen LogP contribution in [0.2, 0.25) is 0 Å². The number of unbranched alkanes of at least 4 members (excludes halogenated alkanes) is 3. The van der Waals surface area contributed by atoms with E-state index in [9.17, 15) is 4.79 Å². The van der Waals surface area contributed by atoms with Gasteiger partial charge in [0.25, 0.3) is 0 Å². The molecule has 0 spiro atoms. The van der Waals surface area contributed by atoms with Crippen LogP contribution in [0.25, 0.3) is 11.2 Å². The first-order valence-corrected chi connectivity index (χ1v) is 7.33. The van der Waals surface area contributed by atoms with E-state index in [1.54, 1.807) is 0 Å². The van der Waals surface area contributed by atoms with E-state index >= 15 is 0 Å². The number of aromatic nitrogens is 3. The topological polar surface area (TPSA) is 50.7 Å². The molecule has 1 N–H and O–H groups in total. The van der Waals surface area contributed by atoms with Crippen LogP contribution in [0.1, 0.15) is 51.5 Å². The molecular formula is C15H23N3O. The van der Waals surface area contributed by atoms with Gasteiger partial charge >= 0.3 is 5.69 Å². The molecule has 0 saturated carbocycles. The summed E-state index contributed by atoms with van der Waals surface area (Å²) in [7, 11) is 0. The monoisotopic (exact) mass is 261 g/mol. The van der Waals surface area contributed by atoms with Gasteiger partial charge in [0.15, 0.2) is 5.65 Å². The molecule has 0 radical (unpaired) electrons. The third kappa shape index (κ3) is 3.25. The molecule has 2 rings (SSSR count). The lowest BCUT2D eigenvalue weighted by atomic mass is 10.1. The van der Waals surface area contributed by atoms with E-state index in [0.29, 0.717) is 5.65 Å². The van der Waals surface area contributed by atoms with Crippen molar-refractivity contribution in [1.29, 1.82) is 0 Å². The van der Waals surface area contributed by atoms with Crippen molar-refractivity contribution in [2.24, 2.45) is 0 Å². The maximum Gasteiger partial charge on any atom is 0.327 e. The molecule has 19 heavy (non-hydrogen) atoms. The summed E-state index contributed by atoms with van der Waals surface area (Å²) >= 11 is 0. The van der Waals surface area contributed by atoms with Crippen molar-refractivity contribution >= 4 is 11.2 Å². The molecule has 0 atom stereocenters. The number of nitrogens with one attached hydrogen (secondary N) is 1. The number of rotatable bonds is 7. The summed E-state index contributed by atoms with van der Waals surface area (Å²) in [5.41, 5.74) is 2.85. The second-order valence-corrected chi connectivity index (χ2v) is 5.10. The van der Waals surface area contributed by atoms with Gasteiger partial charge in [0.05, 0.1) is 5.52 Å². The minimum atomic E-state index is -0.0359. The molecular weight excluding hydrogens is 238 g/mol. The van der Waals surface area contributed by atoms with E-state index in [0.717, 1.165) is 44.2 Å². The van der Waals surface area contributed by atoms with Crippen molar-refractivity contribution in [2.75, 3.05) is 0 Å². The maximum atomic E-state index is 11.9. The number of fused-ring (bicyclic) bond motifs is 1. The normalized spacial score (nSPS) is 11.3. The largest absolute Gasteiger partial charge is 0.327 e. The molecule has 0 aromatic carbocycles. The van der Waals surface area contributed by atoms with Gasteiger partial charge in [-0.2, -0.15) is 0 Å². The summed E-state index contributed by atoms with van der Waals surface area (Å²) in [5.74, 6) is 0. The van der Waals surface area contributed by atoms with Crippen LogP contribution < -0.4 is 5.69 Å². The van der Waals surface area contributed by atoms with Gasteiger partial charge in [0.2, 0.25) is 0 Å². The van der Waals surface area contributed by atoms with Crippen LogP contribution >= 0.6 is 0 Å². The number of nitrogens with zero attached hydrogens (tertiary/aromatic N) is 2. The molecule has 2 aromatic heterocycles. The average molecular weight is 261 g/mol. The third-order valence-corrected chi connectivity index (χ3v) is 3.49. The van der Waals surface area contributed by atoms with Gasteiger partial charge in [0.1, 0.15) is 0 Å². The Morgan fingerprint density at radius 1 is 1.21 bits per heavy atom. The van der Waals surface area contributed by atoms with Crippen LogP contribution in [-0.2, 0) is 13.0 Å². The molecule has 0 fully saturated rings. The number of aryl methyl sites for hydroxylation is 2. The van der Waals surface area contributed by atoms with Gasteiger partial charge in [-0.15, -0.1) is 0 Å². The zero-order valence-corrected chi connectivity index (χ0v) is 11.9. The average Bonchev–Trinajstić information content (AvgIpc) is 2.72. The van der Waals surface area contributed by atoms with Crippen molar-refractivity contribution in [3.8, 4) is 0 Å². The molecule has 0 bridgehead atoms. The van der Waals surface area contributed by atoms with Crippen molar-refractivity contribution in [3.05, 3.63) is 28.3 Å². The number of pyridine rings is 1. The van der Waals surface area contributed by atoms with E-state index in [1.807, 2.05) is 10.8 Å². The number of hydrogen-bond acceptors (Lipinski definition) is 2. The Hall–Kier alpha value is -1.58. The Kier molecular flexibility index (Phi) is 4.77. The first-order valence-electron chi connectivity index (χ1n) is 7.33. The Morgan fingerprint density at radius 2 is 2.00 bits per heavy atom. The zero-order valence-electron chi connectivity index (χ0n) is 11.9. The quantitative estimate of drug-likeness (QED) is 0.778. The Bertz CT molecular complexity index is 583. The summed E-state index contributed by atoms with van der Waals surface area (Å²) in [4.78, 5) is 19.1. The Morgan fingerprint density at radius 3 is 2.74 bits per heavy atom. The van der Waals surface area contributed by atoms with Gasteiger partial charge in [-0.1, -0.05) is 33.1 Å². The van der Waals surface area contributed by atoms with Crippen molar-refractivity contribution < 1.29 is 0 Å². The smallest absolute Gasteiger partial charge is 0.290 e.